The summed E-state index contributed by atoms with van der Waals surface area (Å²) in [5.41, 5.74) is -0.136. The molecule has 1 saturated heterocycles. The van der Waals surface area contributed by atoms with Crippen molar-refractivity contribution in [3.63, 3.8) is 0 Å². The van der Waals surface area contributed by atoms with Gasteiger partial charge in [0.05, 0.1) is 17.6 Å². The summed E-state index contributed by atoms with van der Waals surface area (Å²) in [7, 11) is 0. The van der Waals surface area contributed by atoms with Gasteiger partial charge in [0.25, 0.3) is 0 Å². The van der Waals surface area contributed by atoms with E-state index in [4.69, 9.17) is 16.3 Å². The molecule has 0 N–H and O–H groups in total. The molecular formula is C15H26ClNO2. The first-order valence-corrected chi connectivity index (χ1v) is 7.59. The Balaban J connectivity index is 2.12. The first-order chi connectivity index (χ1) is 8.53. The molecule has 1 atom stereocenters. The van der Waals surface area contributed by atoms with E-state index in [9.17, 15) is 4.79 Å². The van der Waals surface area contributed by atoms with Crippen LogP contribution in [0.4, 0.5) is 0 Å². The van der Waals surface area contributed by atoms with Crippen LogP contribution in [0.15, 0.2) is 0 Å². The third-order valence-electron chi connectivity index (χ3n) is 5.23. The van der Waals surface area contributed by atoms with Crippen LogP contribution in [-0.2, 0) is 9.53 Å². The minimum Gasteiger partial charge on any atom is -0.367 e. The number of hydrogen-bond acceptors (Lipinski definition) is 2. The number of ether oxygens (including phenoxy) is 1. The highest BCUT2D eigenvalue weighted by molar-refractivity contribution is 6.18. The van der Waals surface area contributed by atoms with Crippen molar-refractivity contribution in [3.8, 4) is 0 Å². The lowest BCUT2D eigenvalue weighted by Gasteiger charge is -2.42. The second-order valence-corrected chi connectivity index (χ2v) is 8.06. The molecule has 1 amide bonds. The monoisotopic (exact) mass is 287 g/mol. The summed E-state index contributed by atoms with van der Waals surface area (Å²) in [6, 6.07) is 0. The van der Waals surface area contributed by atoms with Gasteiger partial charge in [-0.25, -0.2) is 0 Å². The van der Waals surface area contributed by atoms with Gasteiger partial charge in [-0.15, -0.1) is 11.6 Å². The van der Waals surface area contributed by atoms with Gasteiger partial charge in [0.1, 0.15) is 0 Å². The summed E-state index contributed by atoms with van der Waals surface area (Å²) in [5, 5.41) is 0. The molecule has 1 heterocycles. The molecule has 1 aliphatic heterocycles. The van der Waals surface area contributed by atoms with Crippen molar-refractivity contribution in [3.05, 3.63) is 0 Å². The predicted molar refractivity (Wildman–Crippen MR) is 77.3 cm³/mol. The number of carbonyl (C=O) groups excluding carboxylic acids is 1. The van der Waals surface area contributed by atoms with Crippen LogP contribution in [-0.4, -0.2) is 41.5 Å². The van der Waals surface area contributed by atoms with Crippen LogP contribution in [0, 0.1) is 16.7 Å². The zero-order valence-electron chi connectivity index (χ0n) is 12.9. The van der Waals surface area contributed by atoms with Gasteiger partial charge in [0.15, 0.2) is 0 Å². The molecule has 0 aromatic rings. The quantitative estimate of drug-likeness (QED) is 0.731. The van der Waals surface area contributed by atoms with Crippen LogP contribution < -0.4 is 0 Å². The van der Waals surface area contributed by atoms with E-state index in [1.54, 1.807) is 0 Å². The molecule has 0 spiro atoms. The second kappa shape index (κ2) is 4.36. The van der Waals surface area contributed by atoms with Crippen molar-refractivity contribution in [2.75, 3.05) is 19.0 Å². The van der Waals surface area contributed by atoms with E-state index in [-0.39, 0.29) is 34.4 Å². The van der Waals surface area contributed by atoms with E-state index >= 15 is 0 Å². The largest absolute Gasteiger partial charge is 0.367 e. The Hall–Kier alpha value is -0.280. The van der Waals surface area contributed by atoms with Gasteiger partial charge >= 0.3 is 0 Å². The summed E-state index contributed by atoms with van der Waals surface area (Å²) < 4.78 is 5.88. The molecule has 2 rings (SSSR count). The Bertz CT molecular complexity index is 376. The molecule has 19 heavy (non-hydrogen) atoms. The van der Waals surface area contributed by atoms with Crippen molar-refractivity contribution in [2.45, 2.75) is 53.2 Å². The Kier molecular flexibility index (Phi) is 3.47. The third kappa shape index (κ3) is 2.40. The average Bonchev–Trinajstić information content (AvgIpc) is 2.66. The molecule has 2 fully saturated rings. The highest BCUT2D eigenvalue weighted by Crippen LogP contribution is 2.68. The Labute approximate surface area is 121 Å². The molecule has 4 heteroatoms. The lowest BCUT2D eigenvalue weighted by atomic mass is 10.0. The van der Waals surface area contributed by atoms with Crippen molar-refractivity contribution in [1.29, 1.82) is 0 Å². The van der Waals surface area contributed by atoms with E-state index in [0.29, 0.717) is 19.0 Å². The van der Waals surface area contributed by atoms with Crippen molar-refractivity contribution >= 4 is 17.5 Å². The Morgan fingerprint density at radius 1 is 1.21 bits per heavy atom. The average molecular weight is 288 g/mol. The second-order valence-electron chi connectivity index (χ2n) is 7.75. The lowest BCUT2D eigenvalue weighted by molar-refractivity contribution is -0.159. The van der Waals surface area contributed by atoms with Gasteiger partial charge in [-0.1, -0.05) is 27.7 Å². The molecule has 0 aromatic heterocycles. The van der Waals surface area contributed by atoms with Gasteiger partial charge in [-0.3, -0.25) is 4.79 Å². The highest BCUT2D eigenvalue weighted by Gasteiger charge is 2.69. The molecule has 1 aliphatic carbocycles. The number of halogens is 1. The zero-order valence-corrected chi connectivity index (χ0v) is 13.7. The number of amides is 1. The van der Waals surface area contributed by atoms with E-state index in [0.717, 1.165) is 0 Å². The van der Waals surface area contributed by atoms with E-state index in [1.807, 2.05) is 18.7 Å². The molecule has 0 aromatic carbocycles. The summed E-state index contributed by atoms with van der Waals surface area (Å²) in [5.74, 6) is 0.816. The number of alkyl halides is 1. The molecule has 1 saturated carbocycles. The van der Waals surface area contributed by atoms with Crippen LogP contribution >= 0.6 is 11.6 Å². The first kappa shape index (κ1) is 15.1. The number of morpholine rings is 1. The van der Waals surface area contributed by atoms with Gasteiger partial charge in [-0.05, 0) is 24.7 Å². The van der Waals surface area contributed by atoms with E-state index in [1.165, 1.54) is 0 Å². The molecule has 2 aliphatic rings. The van der Waals surface area contributed by atoms with Crippen molar-refractivity contribution in [1.82, 2.24) is 4.90 Å². The van der Waals surface area contributed by atoms with Gasteiger partial charge in [-0.2, -0.15) is 0 Å². The van der Waals surface area contributed by atoms with Crippen molar-refractivity contribution < 1.29 is 9.53 Å². The standard InChI is InChI=1S/C15H26ClNO2/c1-13(2)9-17(8-10(7-16)19-13)12(18)11-14(3,4)15(11,5)6/h10-11H,7-9H2,1-6H3. The number of rotatable bonds is 2. The first-order valence-electron chi connectivity index (χ1n) is 7.05. The normalized spacial score (nSPS) is 32.2. The zero-order chi connectivity index (χ0) is 14.6. The molecular weight excluding hydrogens is 262 g/mol. The van der Waals surface area contributed by atoms with E-state index in [2.05, 4.69) is 27.7 Å². The van der Waals surface area contributed by atoms with Crippen LogP contribution in [0.3, 0.4) is 0 Å². The smallest absolute Gasteiger partial charge is 0.226 e. The summed E-state index contributed by atoms with van der Waals surface area (Å²) in [4.78, 5) is 14.7. The summed E-state index contributed by atoms with van der Waals surface area (Å²) >= 11 is 5.92. The maximum absolute atomic E-state index is 12.8. The van der Waals surface area contributed by atoms with Gasteiger partial charge in [0, 0.05) is 19.0 Å². The summed E-state index contributed by atoms with van der Waals surface area (Å²) in [6.07, 6.45) is -0.0562. The fraction of sp³-hybridized carbons (Fsp3) is 0.933. The highest BCUT2D eigenvalue weighted by atomic mass is 35.5. The van der Waals surface area contributed by atoms with E-state index < -0.39 is 0 Å². The third-order valence-corrected chi connectivity index (χ3v) is 5.58. The van der Waals surface area contributed by atoms with Crippen molar-refractivity contribution in [2.24, 2.45) is 16.7 Å². The minimum absolute atomic E-state index is 0.0562. The topological polar surface area (TPSA) is 29.5 Å². The van der Waals surface area contributed by atoms with Crippen LogP contribution in [0.2, 0.25) is 0 Å². The summed E-state index contributed by atoms with van der Waals surface area (Å²) in [6.45, 7) is 14.0. The molecule has 3 nitrogen and oxygen atoms in total. The van der Waals surface area contributed by atoms with Crippen LogP contribution in [0.5, 0.6) is 0 Å². The number of nitrogens with zero attached hydrogens (tertiary/aromatic N) is 1. The molecule has 110 valence electrons. The Morgan fingerprint density at radius 3 is 2.16 bits per heavy atom. The Morgan fingerprint density at radius 2 is 1.74 bits per heavy atom. The fourth-order valence-corrected chi connectivity index (χ4v) is 3.70. The molecule has 1 unspecified atom stereocenters. The fourth-order valence-electron chi connectivity index (χ4n) is 3.54. The molecule has 0 radical (unpaired) electrons. The van der Waals surface area contributed by atoms with Crippen LogP contribution in [0.1, 0.15) is 41.5 Å². The maximum atomic E-state index is 12.8. The van der Waals surface area contributed by atoms with Gasteiger partial charge in [0.2, 0.25) is 5.91 Å². The minimum atomic E-state index is -0.309. The van der Waals surface area contributed by atoms with Crippen LogP contribution in [0.25, 0.3) is 0 Å². The molecule has 0 bridgehead atoms. The number of hydrogen-bond donors (Lipinski definition) is 0. The number of carbonyl (C=O) groups is 1. The van der Waals surface area contributed by atoms with Gasteiger partial charge < -0.3 is 9.64 Å². The lowest BCUT2D eigenvalue weighted by Crippen LogP contribution is -2.55. The SMILES string of the molecule is CC1(C)CN(C(=O)C2C(C)(C)C2(C)C)CC(CCl)O1. The predicted octanol–water partition coefficient (Wildman–Crippen LogP) is 2.91. The maximum Gasteiger partial charge on any atom is 0.226 e.